The quantitative estimate of drug-likeness (QED) is 0.736. The molecule has 3 rings (SSSR count). The van der Waals surface area contributed by atoms with E-state index in [9.17, 15) is 8.42 Å². The van der Waals surface area contributed by atoms with Crippen molar-refractivity contribution in [1.29, 1.82) is 0 Å². The predicted octanol–water partition coefficient (Wildman–Crippen LogP) is 3.04. The second-order valence-electron chi connectivity index (χ2n) is 3.96. The summed E-state index contributed by atoms with van der Waals surface area (Å²) in [5.74, 6) is 0. The summed E-state index contributed by atoms with van der Waals surface area (Å²) in [6.07, 6.45) is 3.27. The second-order valence-corrected chi connectivity index (χ2v) is 6.46. The summed E-state index contributed by atoms with van der Waals surface area (Å²) in [5, 5.41) is 1.18. The number of rotatable bonds is 0. The van der Waals surface area contributed by atoms with Crippen molar-refractivity contribution in [3.05, 3.63) is 39.9 Å². The van der Waals surface area contributed by atoms with Crippen molar-refractivity contribution < 1.29 is 8.42 Å². The van der Waals surface area contributed by atoms with Crippen molar-refractivity contribution in [3.8, 4) is 0 Å². The van der Waals surface area contributed by atoms with Crippen LogP contribution in [0.25, 0.3) is 17.0 Å². The third-order valence-electron chi connectivity index (χ3n) is 2.89. The number of halogens is 1. The minimum absolute atomic E-state index is 0.317. The molecule has 0 bridgehead atoms. The van der Waals surface area contributed by atoms with Gasteiger partial charge in [0.2, 0.25) is 9.84 Å². The Morgan fingerprint density at radius 1 is 1.29 bits per heavy atom. The lowest BCUT2D eigenvalue weighted by Gasteiger charge is -2.04. The number of hydrogen-bond acceptors (Lipinski definition) is 3. The number of aromatic nitrogens is 1. The highest BCUT2D eigenvalue weighted by atomic mass is 35.5. The Morgan fingerprint density at radius 2 is 2.06 bits per heavy atom. The molecular formula is C12H8ClNO2S. The zero-order valence-corrected chi connectivity index (χ0v) is 10.5. The summed E-state index contributed by atoms with van der Waals surface area (Å²) in [6, 6.07) is 5.01. The SMILES string of the molecule is CC1=Cc2cc3nccc(Cl)c3cc2S1(=O)=O. The number of nitrogens with zero attached hydrogens (tertiary/aromatic N) is 1. The molecule has 1 aromatic heterocycles. The zero-order chi connectivity index (χ0) is 12.2. The molecule has 0 N–H and O–H groups in total. The van der Waals surface area contributed by atoms with E-state index in [1.807, 2.05) is 0 Å². The van der Waals surface area contributed by atoms with Gasteiger partial charge in [-0.2, -0.15) is 0 Å². The van der Waals surface area contributed by atoms with E-state index >= 15 is 0 Å². The summed E-state index contributed by atoms with van der Waals surface area (Å²) in [4.78, 5) is 4.86. The van der Waals surface area contributed by atoms with Gasteiger partial charge in [0.15, 0.2) is 0 Å². The molecule has 86 valence electrons. The third-order valence-corrected chi connectivity index (χ3v) is 5.12. The lowest BCUT2D eigenvalue weighted by atomic mass is 10.1. The van der Waals surface area contributed by atoms with E-state index in [1.54, 1.807) is 37.4 Å². The van der Waals surface area contributed by atoms with Gasteiger partial charge in [-0.25, -0.2) is 8.42 Å². The van der Waals surface area contributed by atoms with Crippen LogP contribution in [0.3, 0.4) is 0 Å². The lowest BCUT2D eigenvalue weighted by molar-refractivity contribution is 0.603. The first-order chi connectivity index (χ1) is 8.00. The molecule has 0 unspecified atom stereocenters. The number of hydrogen-bond donors (Lipinski definition) is 0. The van der Waals surface area contributed by atoms with Crippen molar-refractivity contribution in [2.45, 2.75) is 11.8 Å². The Morgan fingerprint density at radius 3 is 2.82 bits per heavy atom. The van der Waals surface area contributed by atoms with Gasteiger partial charge in [-0.1, -0.05) is 11.6 Å². The summed E-state index contributed by atoms with van der Waals surface area (Å²) in [6.45, 7) is 1.59. The molecule has 2 aromatic rings. The monoisotopic (exact) mass is 265 g/mol. The highest BCUT2D eigenvalue weighted by Gasteiger charge is 2.27. The smallest absolute Gasteiger partial charge is 0.203 e. The van der Waals surface area contributed by atoms with Crippen molar-refractivity contribution in [1.82, 2.24) is 4.98 Å². The molecule has 17 heavy (non-hydrogen) atoms. The largest absolute Gasteiger partial charge is 0.256 e. The van der Waals surface area contributed by atoms with E-state index in [4.69, 9.17) is 11.6 Å². The third kappa shape index (κ3) is 1.41. The Kier molecular flexibility index (Phi) is 2.09. The molecule has 1 aliphatic heterocycles. The Labute approximate surface area is 104 Å². The fourth-order valence-corrected chi connectivity index (χ4v) is 3.51. The van der Waals surface area contributed by atoms with Gasteiger partial charge < -0.3 is 0 Å². The topological polar surface area (TPSA) is 47.0 Å². The number of allylic oxidation sites excluding steroid dienone is 1. The van der Waals surface area contributed by atoms with E-state index in [1.165, 1.54) is 0 Å². The maximum atomic E-state index is 12.0. The average Bonchev–Trinajstić information content (AvgIpc) is 2.49. The van der Waals surface area contributed by atoms with Gasteiger partial charge in [0.25, 0.3) is 0 Å². The van der Waals surface area contributed by atoms with Gasteiger partial charge >= 0.3 is 0 Å². The van der Waals surface area contributed by atoms with Crippen LogP contribution in [0.2, 0.25) is 5.02 Å². The van der Waals surface area contributed by atoms with E-state index in [0.717, 1.165) is 0 Å². The van der Waals surface area contributed by atoms with Crippen LogP contribution in [0.5, 0.6) is 0 Å². The standard InChI is InChI=1S/C12H8ClNO2S/c1-7-4-8-5-11-9(10(13)2-3-14-11)6-12(8)17(7,15)16/h2-6H,1H3. The molecule has 0 aliphatic carbocycles. The maximum absolute atomic E-state index is 12.0. The normalized spacial score (nSPS) is 16.9. The summed E-state index contributed by atoms with van der Waals surface area (Å²) >= 11 is 6.04. The fraction of sp³-hybridized carbons (Fsp3) is 0.0833. The van der Waals surface area contributed by atoms with E-state index < -0.39 is 9.84 Å². The van der Waals surface area contributed by atoms with Crippen LogP contribution >= 0.6 is 11.6 Å². The lowest BCUT2D eigenvalue weighted by Crippen LogP contribution is -1.98. The summed E-state index contributed by atoms with van der Waals surface area (Å²) < 4.78 is 24.0. The minimum Gasteiger partial charge on any atom is -0.256 e. The first-order valence-electron chi connectivity index (χ1n) is 5.02. The molecule has 1 aromatic carbocycles. The van der Waals surface area contributed by atoms with Crippen LogP contribution in [-0.4, -0.2) is 13.4 Å². The van der Waals surface area contributed by atoms with E-state index in [0.29, 0.717) is 31.3 Å². The van der Waals surface area contributed by atoms with E-state index in [2.05, 4.69) is 4.98 Å². The van der Waals surface area contributed by atoms with Crippen LogP contribution in [0.1, 0.15) is 12.5 Å². The van der Waals surface area contributed by atoms with Crippen molar-refractivity contribution in [2.75, 3.05) is 0 Å². The maximum Gasteiger partial charge on any atom is 0.203 e. The molecule has 0 amide bonds. The number of sulfone groups is 1. The molecule has 0 spiro atoms. The fourth-order valence-electron chi connectivity index (χ4n) is 1.97. The first-order valence-corrected chi connectivity index (χ1v) is 6.88. The summed E-state index contributed by atoms with van der Waals surface area (Å²) in [7, 11) is -3.32. The highest BCUT2D eigenvalue weighted by Crippen LogP contribution is 2.36. The van der Waals surface area contributed by atoms with Gasteiger partial charge in [0, 0.05) is 16.5 Å². The molecule has 0 saturated heterocycles. The molecule has 5 heteroatoms. The Bertz CT molecular complexity index is 778. The Hall–Kier alpha value is -1.39. The predicted molar refractivity (Wildman–Crippen MR) is 67.6 cm³/mol. The van der Waals surface area contributed by atoms with Gasteiger partial charge in [0.05, 0.1) is 15.4 Å². The molecule has 3 nitrogen and oxygen atoms in total. The Balaban J connectivity index is 2.47. The van der Waals surface area contributed by atoms with E-state index in [-0.39, 0.29) is 0 Å². The van der Waals surface area contributed by atoms with Crippen LogP contribution in [0, 0.1) is 0 Å². The van der Waals surface area contributed by atoms with Crippen LogP contribution in [-0.2, 0) is 9.84 Å². The summed E-state index contributed by atoms with van der Waals surface area (Å²) in [5.41, 5.74) is 1.39. The molecule has 0 atom stereocenters. The minimum atomic E-state index is -3.32. The molecule has 0 fully saturated rings. The van der Waals surface area contributed by atoms with Gasteiger partial charge in [-0.3, -0.25) is 4.98 Å². The van der Waals surface area contributed by atoms with Crippen LogP contribution in [0.4, 0.5) is 0 Å². The van der Waals surface area contributed by atoms with Crippen molar-refractivity contribution in [2.24, 2.45) is 0 Å². The number of pyridine rings is 1. The highest BCUT2D eigenvalue weighted by molar-refractivity contribution is 7.95. The van der Waals surface area contributed by atoms with Gasteiger partial charge in [0.1, 0.15) is 0 Å². The second kappa shape index (κ2) is 3.31. The molecule has 2 heterocycles. The van der Waals surface area contributed by atoms with Crippen LogP contribution < -0.4 is 0 Å². The number of fused-ring (bicyclic) bond motifs is 2. The first kappa shape index (κ1) is 10.7. The molecule has 0 radical (unpaired) electrons. The molecule has 1 aliphatic rings. The van der Waals surface area contributed by atoms with Crippen molar-refractivity contribution >= 4 is 38.4 Å². The van der Waals surface area contributed by atoms with Crippen LogP contribution in [0.15, 0.2) is 34.2 Å². The average molecular weight is 266 g/mol. The molecule has 0 saturated carbocycles. The van der Waals surface area contributed by atoms with Gasteiger partial charge in [-0.05, 0) is 36.8 Å². The van der Waals surface area contributed by atoms with Crippen molar-refractivity contribution in [3.63, 3.8) is 0 Å². The molecular weight excluding hydrogens is 258 g/mol. The van der Waals surface area contributed by atoms with Gasteiger partial charge in [-0.15, -0.1) is 0 Å². The zero-order valence-electron chi connectivity index (χ0n) is 8.94. The number of benzene rings is 1.